The Bertz CT molecular complexity index is 237. The minimum absolute atomic E-state index is 0.579. The molecule has 0 aromatic carbocycles. The molecule has 0 saturated heterocycles. The van der Waals surface area contributed by atoms with Crippen LogP contribution in [0.15, 0.2) is 6.07 Å². The minimum Gasteiger partial charge on any atom is -0.240 e. The van der Waals surface area contributed by atoms with E-state index in [0.29, 0.717) is 5.15 Å². The second-order valence-corrected chi connectivity index (χ2v) is 3.63. The molecular formula is C7H7ClIN. The molecule has 0 saturated carbocycles. The molecule has 0 aliphatic heterocycles. The van der Waals surface area contributed by atoms with Gasteiger partial charge in [0.1, 0.15) is 5.15 Å². The molecule has 10 heavy (non-hydrogen) atoms. The Labute approximate surface area is 78.9 Å². The van der Waals surface area contributed by atoms with Crippen LogP contribution in [-0.4, -0.2) is 4.98 Å². The molecule has 0 unspecified atom stereocenters. The Balaban J connectivity index is 3.31. The van der Waals surface area contributed by atoms with Crippen LogP contribution in [0, 0.1) is 17.4 Å². The van der Waals surface area contributed by atoms with Crippen molar-refractivity contribution >= 4 is 34.2 Å². The van der Waals surface area contributed by atoms with Crippen molar-refractivity contribution in [3.05, 3.63) is 26.0 Å². The van der Waals surface area contributed by atoms with E-state index < -0.39 is 0 Å². The molecule has 3 heteroatoms. The molecule has 0 radical (unpaired) electrons. The third-order valence-electron chi connectivity index (χ3n) is 1.27. The highest BCUT2D eigenvalue weighted by molar-refractivity contribution is 14.1. The maximum absolute atomic E-state index is 5.71. The zero-order chi connectivity index (χ0) is 7.72. The summed E-state index contributed by atoms with van der Waals surface area (Å²) >= 11 is 7.97. The summed E-state index contributed by atoms with van der Waals surface area (Å²) in [7, 11) is 0. The number of aromatic nitrogens is 1. The van der Waals surface area contributed by atoms with Crippen LogP contribution in [0.3, 0.4) is 0 Å². The third kappa shape index (κ3) is 1.61. The Kier molecular flexibility index (Phi) is 2.52. The number of aryl methyl sites for hydroxylation is 2. The number of hydrogen-bond acceptors (Lipinski definition) is 1. The van der Waals surface area contributed by atoms with Gasteiger partial charge in [-0.2, -0.15) is 0 Å². The van der Waals surface area contributed by atoms with Gasteiger partial charge in [-0.25, -0.2) is 4.98 Å². The summed E-state index contributed by atoms with van der Waals surface area (Å²) < 4.78 is 1.20. The van der Waals surface area contributed by atoms with E-state index in [-0.39, 0.29) is 0 Å². The number of pyridine rings is 1. The Morgan fingerprint density at radius 3 is 2.60 bits per heavy atom. The van der Waals surface area contributed by atoms with Crippen molar-refractivity contribution in [2.24, 2.45) is 0 Å². The molecule has 0 amide bonds. The summed E-state index contributed by atoms with van der Waals surface area (Å²) in [6.45, 7) is 3.99. The molecule has 0 spiro atoms. The fourth-order valence-electron chi connectivity index (χ4n) is 0.769. The topological polar surface area (TPSA) is 12.9 Å². The number of hydrogen-bond donors (Lipinski definition) is 0. The van der Waals surface area contributed by atoms with Crippen molar-refractivity contribution in [2.45, 2.75) is 13.8 Å². The molecule has 1 rings (SSSR count). The van der Waals surface area contributed by atoms with E-state index in [9.17, 15) is 0 Å². The van der Waals surface area contributed by atoms with Gasteiger partial charge in [-0.05, 0) is 48.1 Å². The fourth-order valence-corrected chi connectivity index (χ4v) is 1.34. The molecule has 1 aromatic rings. The maximum Gasteiger partial charge on any atom is 0.129 e. The van der Waals surface area contributed by atoms with Crippen molar-refractivity contribution < 1.29 is 0 Å². The smallest absolute Gasteiger partial charge is 0.129 e. The van der Waals surface area contributed by atoms with Gasteiger partial charge in [0.25, 0.3) is 0 Å². The molecule has 0 atom stereocenters. The highest BCUT2D eigenvalue weighted by Crippen LogP contribution is 2.17. The molecule has 0 fully saturated rings. The van der Waals surface area contributed by atoms with Crippen molar-refractivity contribution in [3.8, 4) is 0 Å². The molecule has 0 aliphatic carbocycles. The summed E-state index contributed by atoms with van der Waals surface area (Å²) in [4.78, 5) is 4.09. The van der Waals surface area contributed by atoms with E-state index in [4.69, 9.17) is 11.6 Å². The van der Waals surface area contributed by atoms with Crippen LogP contribution in [0.25, 0.3) is 0 Å². The third-order valence-corrected chi connectivity index (χ3v) is 3.10. The fraction of sp³-hybridized carbons (Fsp3) is 0.286. The lowest BCUT2D eigenvalue weighted by Crippen LogP contribution is -1.89. The lowest BCUT2D eigenvalue weighted by molar-refractivity contribution is 1.15. The molecular weight excluding hydrogens is 260 g/mol. The van der Waals surface area contributed by atoms with Gasteiger partial charge in [0.2, 0.25) is 0 Å². The van der Waals surface area contributed by atoms with E-state index >= 15 is 0 Å². The molecule has 0 bridgehead atoms. The van der Waals surface area contributed by atoms with E-state index in [1.54, 1.807) is 0 Å². The highest BCUT2D eigenvalue weighted by Gasteiger charge is 2.00. The SMILES string of the molecule is Cc1cc(Cl)nc(C)c1I. The van der Waals surface area contributed by atoms with Crippen LogP contribution in [0.2, 0.25) is 5.15 Å². The number of halogens is 2. The average Bonchev–Trinajstić information content (AvgIpc) is 1.82. The zero-order valence-corrected chi connectivity index (χ0v) is 8.69. The minimum atomic E-state index is 0.579. The van der Waals surface area contributed by atoms with Crippen LogP contribution < -0.4 is 0 Å². The predicted octanol–water partition coefficient (Wildman–Crippen LogP) is 2.96. The first kappa shape index (κ1) is 8.27. The predicted molar refractivity (Wildman–Crippen MR) is 51.4 cm³/mol. The van der Waals surface area contributed by atoms with Crippen molar-refractivity contribution in [1.82, 2.24) is 4.98 Å². The quantitative estimate of drug-likeness (QED) is 0.520. The summed E-state index contributed by atoms with van der Waals surface area (Å²) in [6.07, 6.45) is 0. The normalized spacial score (nSPS) is 10.0. The van der Waals surface area contributed by atoms with E-state index in [2.05, 4.69) is 27.6 Å². The Hall–Kier alpha value is 0.170. The highest BCUT2D eigenvalue weighted by atomic mass is 127. The molecule has 0 aliphatic rings. The number of rotatable bonds is 0. The van der Waals surface area contributed by atoms with Gasteiger partial charge in [0.05, 0.1) is 5.69 Å². The lowest BCUT2D eigenvalue weighted by Gasteiger charge is -2.00. The van der Waals surface area contributed by atoms with Gasteiger partial charge in [-0.15, -0.1) is 0 Å². The standard InChI is InChI=1S/C7H7ClIN/c1-4-3-6(8)10-5(2)7(4)9/h3H,1-2H3. The van der Waals surface area contributed by atoms with Crippen LogP contribution >= 0.6 is 34.2 Å². The Morgan fingerprint density at radius 1 is 1.50 bits per heavy atom. The average molecular weight is 267 g/mol. The van der Waals surface area contributed by atoms with E-state index in [0.717, 1.165) is 5.69 Å². The van der Waals surface area contributed by atoms with Crippen LogP contribution in [0.5, 0.6) is 0 Å². The van der Waals surface area contributed by atoms with Crippen LogP contribution in [0.1, 0.15) is 11.3 Å². The first-order valence-electron chi connectivity index (χ1n) is 2.90. The molecule has 1 heterocycles. The van der Waals surface area contributed by atoms with Gasteiger partial charge >= 0.3 is 0 Å². The van der Waals surface area contributed by atoms with Gasteiger partial charge < -0.3 is 0 Å². The van der Waals surface area contributed by atoms with E-state index in [1.807, 2.05) is 19.9 Å². The second-order valence-electron chi connectivity index (χ2n) is 2.16. The van der Waals surface area contributed by atoms with Crippen LogP contribution in [0.4, 0.5) is 0 Å². The first-order chi connectivity index (χ1) is 4.61. The summed E-state index contributed by atoms with van der Waals surface area (Å²) in [5.74, 6) is 0. The van der Waals surface area contributed by atoms with Gasteiger partial charge in [0, 0.05) is 3.57 Å². The summed E-state index contributed by atoms with van der Waals surface area (Å²) in [5, 5.41) is 0.579. The van der Waals surface area contributed by atoms with Gasteiger partial charge in [-0.3, -0.25) is 0 Å². The van der Waals surface area contributed by atoms with Crippen molar-refractivity contribution in [3.63, 3.8) is 0 Å². The molecule has 1 aromatic heterocycles. The number of nitrogens with zero attached hydrogens (tertiary/aromatic N) is 1. The lowest BCUT2D eigenvalue weighted by atomic mass is 10.2. The van der Waals surface area contributed by atoms with Crippen LogP contribution in [-0.2, 0) is 0 Å². The van der Waals surface area contributed by atoms with E-state index in [1.165, 1.54) is 9.13 Å². The van der Waals surface area contributed by atoms with Gasteiger partial charge in [0.15, 0.2) is 0 Å². The largest absolute Gasteiger partial charge is 0.240 e. The first-order valence-corrected chi connectivity index (χ1v) is 4.36. The summed E-state index contributed by atoms with van der Waals surface area (Å²) in [5.41, 5.74) is 2.20. The second kappa shape index (κ2) is 3.05. The zero-order valence-electron chi connectivity index (χ0n) is 5.78. The molecule has 0 N–H and O–H groups in total. The Morgan fingerprint density at radius 2 is 2.10 bits per heavy atom. The van der Waals surface area contributed by atoms with Gasteiger partial charge in [-0.1, -0.05) is 11.6 Å². The maximum atomic E-state index is 5.71. The molecule has 1 nitrogen and oxygen atoms in total. The molecule has 54 valence electrons. The summed E-state index contributed by atoms with van der Waals surface area (Å²) in [6, 6.07) is 1.87. The van der Waals surface area contributed by atoms with Crippen molar-refractivity contribution in [2.75, 3.05) is 0 Å². The monoisotopic (exact) mass is 267 g/mol. The van der Waals surface area contributed by atoms with Crippen molar-refractivity contribution in [1.29, 1.82) is 0 Å².